The molecule has 80 valence electrons. The molecule has 0 bridgehead atoms. The maximum Gasteiger partial charge on any atom is 0.305 e. The number of azide groups is 1. The van der Waals surface area contributed by atoms with Gasteiger partial charge in [-0.3, -0.25) is 4.79 Å². The molecule has 0 aromatic rings. The Morgan fingerprint density at radius 2 is 2.36 bits per heavy atom. The molecule has 0 aliphatic heterocycles. The summed E-state index contributed by atoms with van der Waals surface area (Å²) in [4.78, 5) is 13.5. The van der Waals surface area contributed by atoms with Crippen molar-refractivity contribution in [3.8, 4) is 0 Å². The summed E-state index contributed by atoms with van der Waals surface area (Å²) in [6, 6.07) is 0. The van der Waals surface area contributed by atoms with Gasteiger partial charge in [-0.1, -0.05) is 5.11 Å². The van der Waals surface area contributed by atoms with Gasteiger partial charge in [0.25, 0.3) is 0 Å². The van der Waals surface area contributed by atoms with Crippen molar-refractivity contribution in [3.05, 3.63) is 10.4 Å². The summed E-state index contributed by atoms with van der Waals surface area (Å²) in [5.41, 5.74) is 7.97. The molecule has 0 unspecified atom stereocenters. The van der Waals surface area contributed by atoms with Crippen molar-refractivity contribution in [2.24, 2.45) is 5.11 Å². The second-order valence-electron chi connectivity index (χ2n) is 2.61. The Hall–Kier alpha value is -1.26. The average Bonchev–Trinajstić information content (AvgIpc) is 2.17. The van der Waals surface area contributed by atoms with Gasteiger partial charge in [-0.2, -0.15) is 0 Å². The minimum absolute atomic E-state index is 0.163. The monoisotopic (exact) mass is 200 g/mol. The van der Waals surface area contributed by atoms with Gasteiger partial charge in [0, 0.05) is 24.4 Å². The first-order valence-electron chi connectivity index (χ1n) is 4.68. The van der Waals surface area contributed by atoms with E-state index < -0.39 is 0 Å². The van der Waals surface area contributed by atoms with Crippen molar-refractivity contribution in [1.29, 1.82) is 0 Å². The van der Waals surface area contributed by atoms with Crippen LogP contribution in [0, 0.1) is 0 Å². The molecular formula is C8H16N4O2. The van der Waals surface area contributed by atoms with Crippen LogP contribution in [-0.2, 0) is 9.53 Å². The highest BCUT2D eigenvalue weighted by Gasteiger charge is 1.99. The third-order valence-corrected chi connectivity index (χ3v) is 1.49. The molecule has 0 atom stereocenters. The van der Waals surface area contributed by atoms with E-state index in [1.54, 1.807) is 6.92 Å². The molecule has 6 nitrogen and oxygen atoms in total. The van der Waals surface area contributed by atoms with E-state index in [4.69, 9.17) is 10.3 Å². The second kappa shape index (κ2) is 9.83. The lowest BCUT2D eigenvalue weighted by Crippen LogP contribution is -2.19. The number of nitrogens with one attached hydrogen (secondary N) is 1. The molecule has 0 saturated heterocycles. The Morgan fingerprint density at radius 3 is 3.00 bits per heavy atom. The van der Waals surface area contributed by atoms with E-state index in [1.165, 1.54) is 0 Å². The normalized spacial score (nSPS) is 9.21. The van der Waals surface area contributed by atoms with Gasteiger partial charge in [0.05, 0.1) is 6.61 Å². The van der Waals surface area contributed by atoms with Crippen molar-refractivity contribution in [2.75, 3.05) is 26.2 Å². The highest BCUT2D eigenvalue weighted by atomic mass is 16.5. The van der Waals surface area contributed by atoms with Gasteiger partial charge < -0.3 is 10.1 Å². The van der Waals surface area contributed by atoms with Gasteiger partial charge in [0.15, 0.2) is 0 Å². The standard InChI is InChI=1S/C8H16N4O2/c1-2-14-8(13)4-3-5-10-6-7-11-12-9/h10H,2-7H2,1H3. The number of hydrogen-bond acceptors (Lipinski definition) is 4. The lowest BCUT2D eigenvalue weighted by atomic mass is 10.3. The van der Waals surface area contributed by atoms with Crippen LogP contribution in [0.25, 0.3) is 10.4 Å². The highest BCUT2D eigenvalue weighted by molar-refractivity contribution is 5.69. The fourth-order valence-electron chi connectivity index (χ4n) is 0.890. The third-order valence-electron chi connectivity index (χ3n) is 1.49. The van der Waals surface area contributed by atoms with Crippen LogP contribution in [-0.4, -0.2) is 32.2 Å². The van der Waals surface area contributed by atoms with E-state index in [9.17, 15) is 4.79 Å². The van der Waals surface area contributed by atoms with Crippen LogP contribution in [0.3, 0.4) is 0 Å². The topological polar surface area (TPSA) is 87.1 Å². The number of ether oxygens (including phenoxy) is 1. The van der Waals surface area contributed by atoms with E-state index in [1.807, 2.05) is 0 Å². The van der Waals surface area contributed by atoms with E-state index in [2.05, 4.69) is 15.3 Å². The van der Waals surface area contributed by atoms with Crippen LogP contribution in [0.5, 0.6) is 0 Å². The van der Waals surface area contributed by atoms with Crippen LogP contribution in [0.2, 0.25) is 0 Å². The van der Waals surface area contributed by atoms with Crippen LogP contribution in [0.15, 0.2) is 5.11 Å². The molecule has 0 aliphatic carbocycles. The number of nitrogens with zero attached hydrogens (tertiary/aromatic N) is 3. The average molecular weight is 200 g/mol. The first kappa shape index (κ1) is 12.7. The summed E-state index contributed by atoms with van der Waals surface area (Å²) in [6.07, 6.45) is 1.18. The van der Waals surface area contributed by atoms with E-state index >= 15 is 0 Å². The van der Waals surface area contributed by atoms with E-state index in [-0.39, 0.29) is 5.97 Å². The Kier molecular flexibility index (Phi) is 8.94. The Morgan fingerprint density at radius 1 is 1.57 bits per heavy atom. The van der Waals surface area contributed by atoms with Gasteiger partial charge in [0.2, 0.25) is 0 Å². The minimum Gasteiger partial charge on any atom is -0.466 e. The lowest BCUT2D eigenvalue weighted by molar-refractivity contribution is -0.143. The Balaban J connectivity index is 3.13. The Labute approximate surface area is 83.3 Å². The van der Waals surface area contributed by atoms with Gasteiger partial charge in [0.1, 0.15) is 0 Å². The lowest BCUT2D eigenvalue weighted by Gasteiger charge is -2.02. The summed E-state index contributed by atoms with van der Waals surface area (Å²) in [5, 5.41) is 6.41. The molecule has 0 spiro atoms. The quantitative estimate of drug-likeness (QED) is 0.210. The summed E-state index contributed by atoms with van der Waals surface area (Å²) >= 11 is 0. The molecule has 0 amide bonds. The molecule has 0 aliphatic rings. The predicted molar refractivity (Wildman–Crippen MR) is 52.7 cm³/mol. The number of esters is 1. The van der Waals surface area contributed by atoms with Crippen molar-refractivity contribution >= 4 is 5.97 Å². The van der Waals surface area contributed by atoms with E-state index in [0.717, 1.165) is 13.0 Å². The van der Waals surface area contributed by atoms with Crippen LogP contribution in [0.1, 0.15) is 19.8 Å². The van der Waals surface area contributed by atoms with Gasteiger partial charge >= 0.3 is 5.97 Å². The summed E-state index contributed by atoms with van der Waals surface area (Å²) in [6.45, 7) is 4.04. The number of carbonyl (C=O) groups excluding carboxylic acids is 1. The number of rotatable bonds is 8. The maximum absolute atomic E-state index is 10.9. The fraction of sp³-hybridized carbons (Fsp3) is 0.875. The van der Waals surface area contributed by atoms with Gasteiger partial charge in [-0.25, -0.2) is 0 Å². The second-order valence-corrected chi connectivity index (χ2v) is 2.61. The zero-order valence-electron chi connectivity index (χ0n) is 8.40. The first-order valence-corrected chi connectivity index (χ1v) is 4.68. The van der Waals surface area contributed by atoms with Crippen molar-refractivity contribution in [3.63, 3.8) is 0 Å². The smallest absolute Gasteiger partial charge is 0.305 e. The molecule has 0 aromatic heterocycles. The number of hydrogen-bond donors (Lipinski definition) is 1. The minimum atomic E-state index is -0.163. The summed E-state index contributed by atoms with van der Waals surface area (Å²) in [5.74, 6) is -0.163. The molecule has 1 N–H and O–H groups in total. The molecule has 0 saturated carbocycles. The predicted octanol–water partition coefficient (Wildman–Crippen LogP) is 1.23. The molecule has 0 aromatic carbocycles. The molecule has 14 heavy (non-hydrogen) atoms. The van der Waals surface area contributed by atoms with Crippen molar-refractivity contribution in [1.82, 2.24) is 5.32 Å². The summed E-state index contributed by atoms with van der Waals surface area (Å²) in [7, 11) is 0. The molecule has 0 fully saturated rings. The molecule has 0 radical (unpaired) electrons. The molecule has 0 rings (SSSR count). The summed E-state index contributed by atoms with van der Waals surface area (Å²) < 4.78 is 4.75. The van der Waals surface area contributed by atoms with Crippen molar-refractivity contribution in [2.45, 2.75) is 19.8 Å². The Bertz CT molecular complexity index is 202. The first-order chi connectivity index (χ1) is 6.81. The van der Waals surface area contributed by atoms with Crippen LogP contribution >= 0.6 is 0 Å². The number of carbonyl (C=O) groups is 1. The van der Waals surface area contributed by atoms with Crippen LogP contribution in [0.4, 0.5) is 0 Å². The zero-order valence-corrected chi connectivity index (χ0v) is 8.40. The maximum atomic E-state index is 10.9. The molecule has 0 heterocycles. The van der Waals surface area contributed by atoms with Gasteiger partial charge in [-0.05, 0) is 25.4 Å². The van der Waals surface area contributed by atoms with Crippen molar-refractivity contribution < 1.29 is 9.53 Å². The van der Waals surface area contributed by atoms with Crippen LogP contribution < -0.4 is 5.32 Å². The van der Waals surface area contributed by atoms with Gasteiger partial charge in [-0.15, -0.1) is 0 Å². The zero-order chi connectivity index (χ0) is 10.6. The largest absolute Gasteiger partial charge is 0.466 e. The van der Waals surface area contributed by atoms with E-state index in [0.29, 0.717) is 26.1 Å². The third kappa shape index (κ3) is 8.83. The fourth-order valence-corrected chi connectivity index (χ4v) is 0.890. The molecular weight excluding hydrogens is 184 g/mol. The highest BCUT2D eigenvalue weighted by Crippen LogP contribution is 1.90. The SMILES string of the molecule is CCOC(=O)CCCNCCN=[N+]=[N-]. The molecule has 6 heteroatoms.